The third-order valence-corrected chi connectivity index (χ3v) is 6.76. The smallest absolute Gasteiger partial charge is 0.262 e. The maximum absolute atomic E-state index is 13.2. The van der Waals surface area contributed by atoms with Gasteiger partial charge in [-0.1, -0.05) is 24.3 Å². The van der Waals surface area contributed by atoms with E-state index in [0.717, 1.165) is 11.0 Å². The van der Waals surface area contributed by atoms with Crippen molar-refractivity contribution in [3.05, 3.63) is 78.1 Å². The molecule has 1 aliphatic rings. The van der Waals surface area contributed by atoms with Gasteiger partial charge in [-0.25, -0.2) is 13.4 Å². The normalized spacial score (nSPS) is 13.0. The molecule has 3 aromatic carbocycles. The molecule has 4 aromatic rings. The summed E-state index contributed by atoms with van der Waals surface area (Å²) in [6.07, 6.45) is 0. The Labute approximate surface area is 196 Å². The number of carbonyl (C=O) groups is 1. The Kier molecular flexibility index (Phi) is 5.58. The van der Waals surface area contributed by atoms with Gasteiger partial charge in [0.25, 0.3) is 15.9 Å². The van der Waals surface area contributed by atoms with Crippen molar-refractivity contribution in [1.82, 2.24) is 14.9 Å². The lowest BCUT2D eigenvalue weighted by Crippen LogP contribution is -2.28. The number of aromatic amines is 1. The first-order valence-electron chi connectivity index (χ1n) is 10.6. The van der Waals surface area contributed by atoms with Gasteiger partial charge in [0.15, 0.2) is 11.5 Å². The Bertz CT molecular complexity index is 1450. The molecular weight excluding hydrogens is 456 g/mol. The average Bonchev–Trinajstić information content (AvgIpc) is 3.25. The number of H-pyrrole nitrogens is 1. The summed E-state index contributed by atoms with van der Waals surface area (Å²) >= 11 is 0. The molecule has 1 amide bonds. The number of sulfonamides is 1. The van der Waals surface area contributed by atoms with Crippen LogP contribution in [0.25, 0.3) is 11.0 Å². The number of carbonyl (C=O) groups excluding carboxylic acids is 1. The van der Waals surface area contributed by atoms with E-state index in [0.29, 0.717) is 30.5 Å². The van der Waals surface area contributed by atoms with E-state index < -0.39 is 10.0 Å². The van der Waals surface area contributed by atoms with Crippen molar-refractivity contribution in [3.63, 3.8) is 0 Å². The summed E-state index contributed by atoms with van der Waals surface area (Å²) in [6, 6.07) is 18.5. The molecule has 2 N–H and O–H groups in total. The molecule has 10 heteroatoms. The Morgan fingerprint density at radius 3 is 2.59 bits per heavy atom. The lowest BCUT2D eigenvalue weighted by atomic mass is 10.1. The molecule has 0 spiro atoms. The quantitative estimate of drug-likeness (QED) is 0.439. The number of aromatic nitrogens is 2. The third kappa shape index (κ3) is 4.27. The number of para-hydroxylation sites is 3. The number of amides is 1. The molecule has 1 aromatic heterocycles. The maximum atomic E-state index is 13.2. The first-order chi connectivity index (χ1) is 16.4. The molecular formula is C24H22N4O5S. The van der Waals surface area contributed by atoms with Crippen LogP contribution < -0.4 is 14.2 Å². The molecule has 0 aliphatic carbocycles. The van der Waals surface area contributed by atoms with Crippen molar-refractivity contribution < 1.29 is 22.7 Å². The van der Waals surface area contributed by atoms with Crippen LogP contribution in [-0.2, 0) is 16.6 Å². The number of hydrogen-bond acceptors (Lipinski definition) is 6. The fourth-order valence-electron chi connectivity index (χ4n) is 3.74. The summed E-state index contributed by atoms with van der Waals surface area (Å²) in [5.41, 5.74) is 2.10. The van der Waals surface area contributed by atoms with Gasteiger partial charge in [-0.2, -0.15) is 0 Å². The minimum Gasteiger partial charge on any atom is -0.486 e. The molecule has 9 nitrogen and oxygen atoms in total. The van der Waals surface area contributed by atoms with Crippen LogP contribution in [0.2, 0.25) is 0 Å². The van der Waals surface area contributed by atoms with Crippen LogP contribution in [0.5, 0.6) is 11.5 Å². The first kappa shape index (κ1) is 21.8. The highest BCUT2D eigenvalue weighted by Crippen LogP contribution is 2.33. The molecule has 174 valence electrons. The molecule has 0 unspecified atom stereocenters. The van der Waals surface area contributed by atoms with Crippen molar-refractivity contribution >= 4 is 32.7 Å². The van der Waals surface area contributed by atoms with Gasteiger partial charge in [0, 0.05) is 13.1 Å². The van der Waals surface area contributed by atoms with Crippen LogP contribution >= 0.6 is 0 Å². The Hall–Kier alpha value is -4.05. The number of imidazole rings is 1. The van der Waals surface area contributed by atoms with Gasteiger partial charge in [-0.05, 0) is 36.4 Å². The molecule has 5 rings (SSSR count). The number of ether oxygens (including phenoxy) is 2. The molecule has 0 saturated heterocycles. The zero-order valence-electron chi connectivity index (χ0n) is 18.3. The van der Waals surface area contributed by atoms with E-state index in [4.69, 9.17) is 9.47 Å². The summed E-state index contributed by atoms with van der Waals surface area (Å²) < 4.78 is 39.6. The average molecular weight is 479 g/mol. The third-order valence-electron chi connectivity index (χ3n) is 5.40. The summed E-state index contributed by atoms with van der Waals surface area (Å²) in [5, 5.41) is 0. The van der Waals surface area contributed by atoms with Gasteiger partial charge in [-0.15, -0.1) is 0 Å². The zero-order chi connectivity index (χ0) is 23.7. The van der Waals surface area contributed by atoms with Crippen LogP contribution in [0, 0.1) is 0 Å². The highest BCUT2D eigenvalue weighted by molar-refractivity contribution is 7.92. The van der Waals surface area contributed by atoms with Gasteiger partial charge in [0.2, 0.25) is 0 Å². The van der Waals surface area contributed by atoms with Crippen LogP contribution in [0.4, 0.5) is 5.69 Å². The molecule has 0 saturated carbocycles. The second-order valence-electron chi connectivity index (χ2n) is 7.82. The maximum Gasteiger partial charge on any atom is 0.262 e. The van der Waals surface area contributed by atoms with Gasteiger partial charge < -0.3 is 19.4 Å². The SMILES string of the molecule is CN(Cc1nc2ccccc2[nH]1)C(=O)c1ccccc1NS(=O)(=O)c1ccc2c(c1)OCCO2. The standard InChI is InChI=1S/C24H22N4O5S/c1-28(15-23-25-19-8-4-5-9-20(19)26-23)24(29)17-6-2-3-7-18(17)27-34(30,31)16-10-11-21-22(14-16)33-13-12-32-21/h2-11,14,27H,12-13,15H2,1H3,(H,25,26). The van der Waals surface area contributed by atoms with E-state index in [9.17, 15) is 13.2 Å². The number of fused-ring (bicyclic) bond motifs is 2. The van der Waals surface area contributed by atoms with Gasteiger partial charge in [-0.3, -0.25) is 9.52 Å². The van der Waals surface area contributed by atoms with Crippen LogP contribution in [-0.4, -0.2) is 49.5 Å². The minimum atomic E-state index is -3.98. The van der Waals surface area contributed by atoms with Crippen molar-refractivity contribution in [3.8, 4) is 11.5 Å². The number of nitrogens with one attached hydrogen (secondary N) is 2. The number of rotatable bonds is 6. The highest BCUT2D eigenvalue weighted by atomic mass is 32.2. The monoisotopic (exact) mass is 478 g/mol. The van der Waals surface area contributed by atoms with E-state index in [1.807, 2.05) is 24.3 Å². The van der Waals surface area contributed by atoms with Crippen molar-refractivity contribution in [1.29, 1.82) is 0 Å². The Morgan fingerprint density at radius 1 is 1.03 bits per heavy atom. The second kappa shape index (κ2) is 8.71. The van der Waals surface area contributed by atoms with E-state index in [-0.39, 0.29) is 28.6 Å². The number of hydrogen-bond donors (Lipinski definition) is 2. The highest BCUT2D eigenvalue weighted by Gasteiger charge is 2.23. The predicted octanol–water partition coefficient (Wildman–Crippen LogP) is 3.41. The molecule has 0 radical (unpaired) electrons. The molecule has 1 aliphatic heterocycles. The first-order valence-corrected chi connectivity index (χ1v) is 12.1. The lowest BCUT2D eigenvalue weighted by molar-refractivity contribution is 0.0783. The molecule has 0 bridgehead atoms. The Morgan fingerprint density at radius 2 is 1.76 bits per heavy atom. The van der Waals surface area contributed by atoms with E-state index in [1.54, 1.807) is 37.4 Å². The summed E-state index contributed by atoms with van der Waals surface area (Å²) in [7, 11) is -2.34. The number of benzene rings is 3. The van der Waals surface area contributed by atoms with Crippen molar-refractivity contribution in [2.45, 2.75) is 11.4 Å². The second-order valence-corrected chi connectivity index (χ2v) is 9.50. The van der Waals surface area contributed by atoms with Crippen LogP contribution in [0.15, 0.2) is 71.6 Å². The summed E-state index contributed by atoms with van der Waals surface area (Å²) in [5.74, 6) is 1.14. The fraction of sp³-hybridized carbons (Fsp3) is 0.167. The van der Waals surface area contributed by atoms with E-state index in [1.165, 1.54) is 17.0 Å². The summed E-state index contributed by atoms with van der Waals surface area (Å²) in [6.45, 7) is 0.990. The lowest BCUT2D eigenvalue weighted by Gasteiger charge is -2.20. The van der Waals surface area contributed by atoms with Gasteiger partial charge in [0.05, 0.1) is 33.7 Å². The predicted molar refractivity (Wildman–Crippen MR) is 127 cm³/mol. The van der Waals surface area contributed by atoms with E-state index in [2.05, 4.69) is 14.7 Å². The van der Waals surface area contributed by atoms with Crippen LogP contribution in [0.1, 0.15) is 16.2 Å². The fourth-order valence-corrected chi connectivity index (χ4v) is 4.83. The Balaban J connectivity index is 1.37. The number of anilines is 1. The summed E-state index contributed by atoms with van der Waals surface area (Å²) in [4.78, 5) is 22.4. The zero-order valence-corrected chi connectivity index (χ0v) is 19.1. The topological polar surface area (TPSA) is 114 Å². The molecule has 34 heavy (non-hydrogen) atoms. The van der Waals surface area contributed by atoms with Crippen molar-refractivity contribution in [2.75, 3.05) is 25.0 Å². The van der Waals surface area contributed by atoms with Crippen molar-refractivity contribution in [2.24, 2.45) is 0 Å². The molecule has 0 fully saturated rings. The largest absolute Gasteiger partial charge is 0.486 e. The molecule has 2 heterocycles. The van der Waals surface area contributed by atoms with E-state index >= 15 is 0 Å². The minimum absolute atomic E-state index is 0.00892. The van der Waals surface area contributed by atoms with Gasteiger partial charge in [0.1, 0.15) is 19.0 Å². The van der Waals surface area contributed by atoms with Gasteiger partial charge >= 0.3 is 0 Å². The van der Waals surface area contributed by atoms with Crippen LogP contribution in [0.3, 0.4) is 0 Å². The molecule has 0 atom stereocenters. The number of nitrogens with zero attached hydrogens (tertiary/aromatic N) is 2.